The zero-order valence-corrected chi connectivity index (χ0v) is 30.4. The molecular formula is C52H34N4. The number of hydrogen-bond donors (Lipinski definition) is 0. The summed E-state index contributed by atoms with van der Waals surface area (Å²) in [5, 5.41) is 4.80. The maximum atomic E-state index is 5.24. The number of rotatable bonds is 6. The summed E-state index contributed by atoms with van der Waals surface area (Å²) in [7, 11) is 0. The van der Waals surface area contributed by atoms with E-state index in [1.165, 1.54) is 49.3 Å². The maximum Gasteiger partial charge on any atom is 0.235 e. The first-order valence-electron chi connectivity index (χ1n) is 19.0. The van der Waals surface area contributed by atoms with Crippen LogP contribution in [-0.2, 0) is 0 Å². The zero-order valence-electron chi connectivity index (χ0n) is 30.4. The van der Waals surface area contributed by atoms with Gasteiger partial charge in [0, 0.05) is 39.0 Å². The molecule has 11 rings (SSSR count). The molecule has 0 saturated carbocycles. The molecule has 0 aliphatic carbocycles. The lowest BCUT2D eigenvalue weighted by molar-refractivity contribution is 0.992. The fourth-order valence-electron chi connectivity index (χ4n) is 8.36. The highest BCUT2D eigenvalue weighted by molar-refractivity contribution is 6.12. The zero-order chi connectivity index (χ0) is 37.0. The Hall–Kier alpha value is -7.56. The van der Waals surface area contributed by atoms with Gasteiger partial charge in [-0.3, -0.25) is 4.57 Å². The average molecular weight is 715 g/mol. The van der Waals surface area contributed by atoms with E-state index >= 15 is 0 Å². The Balaban J connectivity index is 1.02. The molecule has 0 unspecified atom stereocenters. The highest BCUT2D eigenvalue weighted by Crippen LogP contribution is 2.38. The van der Waals surface area contributed by atoms with Crippen molar-refractivity contribution in [3.8, 4) is 56.3 Å². The number of fused-ring (bicyclic) bond motifs is 6. The molecule has 0 spiro atoms. The molecule has 0 saturated heterocycles. The van der Waals surface area contributed by atoms with Crippen molar-refractivity contribution < 1.29 is 0 Å². The Kier molecular flexibility index (Phi) is 7.46. The van der Waals surface area contributed by atoms with Crippen molar-refractivity contribution in [2.24, 2.45) is 0 Å². The smallest absolute Gasteiger partial charge is 0.235 e. The third-order valence-corrected chi connectivity index (χ3v) is 11.0. The van der Waals surface area contributed by atoms with Gasteiger partial charge in [-0.2, -0.15) is 0 Å². The van der Waals surface area contributed by atoms with Crippen LogP contribution in [0, 0.1) is 0 Å². The molecule has 0 bridgehead atoms. The first kappa shape index (κ1) is 31.9. The molecule has 3 heterocycles. The van der Waals surface area contributed by atoms with E-state index in [0.29, 0.717) is 5.95 Å². The van der Waals surface area contributed by atoms with Crippen LogP contribution in [0.2, 0.25) is 0 Å². The van der Waals surface area contributed by atoms with Crippen molar-refractivity contribution in [1.82, 2.24) is 19.1 Å². The molecule has 0 fully saturated rings. The van der Waals surface area contributed by atoms with E-state index in [1.807, 2.05) is 12.3 Å². The number of nitrogens with zero attached hydrogens (tertiary/aromatic N) is 4. The summed E-state index contributed by atoms with van der Waals surface area (Å²) in [6, 6.07) is 71.4. The first-order valence-corrected chi connectivity index (χ1v) is 19.0. The maximum absolute atomic E-state index is 5.24. The fraction of sp³-hybridized carbons (Fsp3) is 0. The van der Waals surface area contributed by atoms with E-state index in [9.17, 15) is 0 Å². The molecule has 0 aliphatic heterocycles. The van der Waals surface area contributed by atoms with Crippen LogP contribution in [0.1, 0.15) is 0 Å². The van der Waals surface area contributed by atoms with Crippen LogP contribution in [0.5, 0.6) is 0 Å². The molecule has 0 atom stereocenters. The van der Waals surface area contributed by atoms with Gasteiger partial charge >= 0.3 is 0 Å². The van der Waals surface area contributed by atoms with Crippen molar-refractivity contribution in [3.05, 3.63) is 206 Å². The van der Waals surface area contributed by atoms with Gasteiger partial charge in [-0.25, -0.2) is 9.97 Å². The average Bonchev–Trinajstić information content (AvgIpc) is 3.79. The van der Waals surface area contributed by atoms with Crippen LogP contribution >= 0.6 is 0 Å². The van der Waals surface area contributed by atoms with Gasteiger partial charge in [0.1, 0.15) is 0 Å². The van der Waals surface area contributed by atoms with E-state index in [0.717, 1.165) is 44.7 Å². The normalized spacial score (nSPS) is 11.6. The second kappa shape index (κ2) is 13.1. The van der Waals surface area contributed by atoms with Crippen molar-refractivity contribution in [1.29, 1.82) is 0 Å². The second-order valence-corrected chi connectivity index (χ2v) is 14.3. The van der Waals surface area contributed by atoms with Crippen molar-refractivity contribution in [3.63, 3.8) is 0 Å². The Morgan fingerprint density at radius 1 is 0.304 bits per heavy atom. The minimum absolute atomic E-state index is 0.642. The van der Waals surface area contributed by atoms with Crippen molar-refractivity contribution >= 4 is 43.6 Å². The Labute approximate surface area is 324 Å². The van der Waals surface area contributed by atoms with Crippen LogP contribution in [0.3, 0.4) is 0 Å². The van der Waals surface area contributed by atoms with Gasteiger partial charge in [-0.1, -0.05) is 140 Å². The van der Waals surface area contributed by atoms with E-state index < -0.39 is 0 Å². The largest absolute Gasteiger partial charge is 0.309 e. The summed E-state index contributed by atoms with van der Waals surface area (Å²) >= 11 is 0. The molecule has 56 heavy (non-hydrogen) atoms. The predicted octanol–water partition coefficient (Wildman–Crippen LogP) is 13.3. The van der Waals surface area contributed by atoms with Crippen LogP contribution in [0.15, 0.2) is 206 Å². The van der Waals surface area contributed by atoms with E-state index in [4.69, 9.17) is 9.97 Å². The summed E-state index contributed by atoms with van der Waals surface area (Å²) in [6.07, 6.45) is 1.88. The van der Waals surface area contributed by atoms with Crippen LogP contribution in [-0.4, -0.2) is 19.1 Å². The number of hydrogen-bond acceptors (Lipinski definition) is 2. The van der Waals surface area contributed by atoms with Gasteiger partial charge in [0.05, 0.1) is 27.8 Å². The SMILES string of the molecule is c1ccc(-c2cccc(-c3cccc(-c4ccnc(-n5c6ccccc6c6ccc(-c7ccc8c(c7)c7ccccc7n8-c7ccccc7)cc65)n4)c3)c2)cc1. The van der Waals surface area contributed by atoms with Gasteiger partial charge in [0.25, 0.3) is 0 Å². The lowest BCUT2D eigenvalue weighted by atomic mass is 9.97. The molecule has 0 aliphatic rings. The number of para-hydroxylation sites is 3. The standard InChI is InChI=1S/C52H34N4/c1-3-13-35(14-4-1)36-15-11-16-37(31-36)38-17-12-18-41(32-38)47-29-30-53-52(54-47)56-49-24-10-7-21-43(49)45-27-25-40(34-51(45)56)39-26-28-50-46(33-39)44-22-8-9-23-48(44)55(50)42-19-5-2-6-20-42/h1-34H. The third kappa shape index (κ3) is 5.31. The van der Waals surface area contributed by atoms with Gasteiger partial charge < -0.3 is 4.57 Å². The molecule has 8 aromatic carbocycles. The summed E-state index contributed by atoms with van der Waals surface area (Å²) in [5.74, 6) is 0.642. The second-order valence-electron chi connectivity index (χ2n) is 14.3. The summed E-state index contributed by atoms with van der Waals surface area (Å²) in [4.78, 5) is 10.1. The van der Waals surface area contributed by atoms with Gasteiger partial charge in [-0.15, -0.1) is 0 Å². The van der Waals surface area contributed by atoms with Gasteiger partial charge in [0.15, 0.2) is 0 Å². The van der Waals surface area contributed by atoms with E-state index in [2.05, 4.69) is 203 Å². The quantitative estimate of drug-likeness (QED) is 0.172. The topological polar surface area (TPSA) is 35.6 Å². The minimum Gasteiger partial charge on any atom is -0.309 e. The molecule has 262 valence electrons. The molecular weight excluding hydrogens is 681 g/mol. The molecule has 3 aromatic heterocycles. The highest BCUT2D eigenvalue weighted by atomic mass is 15.2. The van der Waals surface area contributed by atoms with Gasteiger partial charge in [-0.05, 0) is 94.0 Å². The lowest BCUT2D eigenvalue weighted by Gasteiger charge is -2.11. The van der Waals surface area contributed by atoms with Crippen LogP contribution in [0.25, 0.3) is 99.9 Å². The van der Waals surface area contributed by atoms with Crippen LogP contribution < -0.4 is 0 Å². The molecule has 4 nitrogen and oxygen atoms in total. The van der Waals surface area contributed by atoms with Crippen LogP contribution in [0.4, 0.5) is 0 Å². The molecule has 0 amide bonds. The Morgan fingerprint density at radius 3 is 1.59 bits per heavy atom. The summed E-state index contributed by atoms with van der Waals surface area (Å²) < 4.78 is 4.57. The van der Waals surface area contributed by atoms with E-state index in [1.54, 1.807) is 0 Å². The van der Waals surface area contributed by atoms with Crippen molar-refractivity contribution in [2.45, 2.75) is 0 Å². The predicted molar refractivity (Wildman–Crippen MR) is 232 cm³/mol. The van der Waals surface area contributed by atoms with Crippen molar-refractivity contribution in [2.75, 3.05) is 0 Å². The summed E-state index contributed by atoms with van der Waals surface area (Å²) in [5.41, 5.74) is 14.6. The third-order valence-electron chi connectivity index (χ3n) is 11.0. The molecule has 0 N–H and O–H groups in total. The fourth-order valence-corrected chi connectivity index (χ4v) is 8.36. The number of benzene rings is 8. The highest BCUT2D eigenvalue weighted by Gasteiger charge is 2.17. The monoisotopic (exact) mass is 714 g/mol. The number of aromatic nitrogens is 4. The molecule has 0 radical (unpaired) electrons. The molecule has 4 heteroatoms. The van der Waals surface area contributed by atoms with Gasteiger partial charge in [0.2, 0.25) is 5.95 Å². The Morgan fingerprint density at radius 2 is 0.821 bits per heavy atom. The first-order chi connectivity index (χ1) is 27.8. The minimum atomic E-state index is 0.642. The molecule has 11 aromatic rings. The van der Waals surface area contributed by atoms with E-state index in [-0.39, 0.29) is 0 Å². The lowest BCUT2D eigenvalue weighted by Crippen LogP contribution is -2.01. The summed E-state index contributed by atoms with van der Waals surface area (Å²) in [6.45, 7) is 0. The Bertz CT molecular complexity index is 3250.